The molecule has 2 N–H and O–H groups in total. The van der Waals surface area contributed by atoms with Crippen molar-refractivity contribution in [1.29, 1.82) is 0 Å². The smallest absolute Gasteiger partial charge is 0.191 e. The van der Waals surface area contributed by atoms with E-state index in [2.05, 4.69) is 15.6 Å². The Labute approximate surface area is 132 Å². The zero-order chi connectivity index (χ0) is 16.2. The first-order chi connectivity index (χ1) is 10.7. The van der Waals surface area contributed by atoms with Gasteiger partial charge in [-0.2, -0.15) is 0 Å². The third-order valence-corrected chi connectivity index (χ3v) is 2.83. The summed E-state index contributed by atoms with van der Waals surface area (Å²) in [5.41, 5.74) is 0. The zero-order valence-corrected chi connectivity index (χ0v) is 13.9. The predicted octanol–water partition coefficient (Wildman–Crippen LogP) is 1.66. The first-order valence-electron chi connectivity index (χ1n) is 7.51. The molecule has 0 amide bonds. The van der Waals surface area contributed by atoms with E-state index in [0.29, 0.717) is 19.7 Å². The Hall–Kier alpha value is -1.95. The van der Waals surface area contributed by atoms with Crippen molar-refractivity contribution in [2.45, 2.75) is 20.0 Å². The lowest BCUT2D eigenvalue weighted by Gasteiger charge is -2.15. The monoisotopic (exact) mass is 309 g/mol. The Balaban J connectivity index is 2.49. The summed E-state index contributed by atoms with van der Waals surface area (Å²) >= 11 is 0. The standard InChI is InChI=1S/C16H27N3O3/c1-5-17-16(18-9-10-20-3)19-12-13(2)22-15-8-6-7-14(11-15)21-4/h6-8,11,13H,5,9-10,12H2,1-4H3,(H2,17,18,19). The van der Waals surface area contributed by atoms with Crippen LogP contribution in [0.3, 0.4) is 0 Å². The average molecular weight is 309 g/mol. The molecule has 0 aliphatic carbocycles. The fourth-order valence-corrected chi connectivity index (χ4v) is 1.78. The highest BCUT2D eigenvalue weighted by Crippen LogP contribution is 2.19. The first-order valence-corrected chi connectivity index (χ1v) is 7.51. The molecule has 0 aliphatic heterocycles. The Bertz CT molecular complexity index is 452. The van der Waals surface area contributed by atoms with Crippen LogP contribution in [0.5, 0.6) is 11.5 Å². The molecule has 0 aromatic heterocycles. The minimum absolute atomic E-state index is 0.0370. The highest BCUT2D eigenvalue weighted by atomic mass is 16.5. The number of ether oxygens (including phenoxy) is 3. The summed E-state index contributed by atoms with van der Waals surface area (Å²) in [6.45, 7) is 6.74. The molecule has 1 rings (SSSR count). The molecule has 124 valence electrons. The average Bonchev–Trinajstić information content (AvgIpc) is 2.53. The second-order valence-corrected chi connectivity index (χ2v) is 4.75. The normalized spacial score (nSPS) is 12.6. The van der Waals surface area contributed by atoms with Gasteiger partial charge < -0.3 is 24.8 Å². The SMILES string of the molecule is CCNC(=NCC(C)Oc1cccc(OC)c1)NCCOC. The van der Waals surface area contributed by atoms with E-state index in [0.717, 1.165) is 24.0 Å². The molecule has 0 aliphatic rings. The van der Waals surface area contributed by atoms with Gasteiger partial charge in [-0.25, -0.2) is 4.99 Å². The van der Waals surface area contributed by atoms with E-state index in [1.165, 1.54) is 0 Å². The van der Waals surface area contributed by atoms with Crippen LogP contribution in [-0.4, -0.2) is 52.5 Å². The van der Waals surface area contributed by atoms with Crippen LogP contribution in [-0.2, 0) is 4.74 Å². The molecular weight excluding hydrogens is 282 g/mol. The highest BCUT2D eigenvalue weighted by Gasteiger charge is 2.05. The van der Waals surface area contributed by atoms with E-state index in [1.807, 2.05) is 38.1 Å². The summed E-state index contributed by atoms with van der Waals surface area (Å²) in [6.07, 6.45) is -0.0370. The van der Waals surface area contributed by atoms with Crippen molar-refractivity contribution < 1.29 is 14.2 Å². The van der Waals surface area contributed by atoms with E-state index in [-0.39, 0.29) is 6.10 Å². The van der Waals surface area contributed by atoms with Crippen LogP contribution in [0.15, 0.2) is 29.3 Å². The van der Waals surface area contributed by atoms with Crippen molar-refractivity contribution >= 4 is 5.96 Å². The molecular formula is C16H27N3O3. The van der Waals surface area contributed by atoms with Gasteiger partial charge in [-0.1, -0.05) is 6.07 Å². The number of hydrogen-bond acceptors (Lipinski definition) is 4. The third-order valence-electron chi connectivity index (χ3n) is 2.83. The Morgan fingerprint density at radius 2 is 2.00 bits per heavy atom. The van der Waals surface area contributed by atoms with Crippen molar-refractivity contribution in [2.75, 3.05) is 40.5 Å². The molecule has 0 spiro atoms. The maximum Gasteiger partial charge on any atom is 0.191 e. The van der Waals surface area contributed by atoms with Gasteiger partial charge in [0.2, 0.25) is 0 Å². The lowest BCUT2D eigenvalue weighted by atomic mass is 10.3. The highest BCUT2D eigenvalue weighted by molar-refractivity contribution is 5.79. The fraction of sp³-hybridized carbons (Fsp3) is 0.562. The van der Waals surface area contributed by atoms with Gasteiger partial charge in [-0.05, 0) is 26.0 Å². The summed E-state index contributed by atoms with van der Waals surface area (Å²) in [6, 6.07) is 7.56. The van der Waals surface area contributed by atoms with Crippen LogP contribution in [0.25, 0.3) is 0 Å². The molecule has 0 saturated heterocycles. The number of nitrogens with one attached hydrogen (secondary N) is 2. The van der Waals surface area contributed by atoms with Gasteiger partial charge in [0, 0.05) is 26.3 Å². The molecule has 0 saturated carbocycles. The van der Waals surface area contributed by atoms with E-state index in [1.54, 1.807) is 14.2 Å². The number of nitrogens with zero attached hydrogens (tertiary/aromatic N) is 1. The second-order valence-electron chi connectivity index (χ2n) is 4.75. The van der Waals surface area contributed by atoms with Gasteiger partial charge in [0.25, 0.3) is 0 Å². The van der Waals surface area contributed by atoms with Crippen LogP contribution < -0.4 is 20.1 Å². The van der Waals surface area contributed by atoms with Crippen LogP contribution in [0.1, 0.15) is 13.8 Å². The van der Waals surface area contributed by atoms with E-state index < -0.39 is 0 Å². The number of methoxy groups -OCH3 is 2. The quantitative estimate of drug-likeness (QED) is 0.413. The lowest BCUT2D eigenvalue weighted by Crippen LogP contribution is -2.39. The van der Waals surface area contributed by atoms with Gasteiger partial charge in [0.05, 0.1) is 20.3 Å². The van der Waals surface area contributed by atoms with E-state index >= 15 is 0 Å². The predicted molar refractivity (Wildman–Crippen MR) is 88.9 cm³/mol. The maximum absolute atomic E-state index is 5.84. The van der Waals surface area contributed by atoms with Crippen LogP contribution in [0.4, 0.5) is 0 Å². The Morgan fingerprint density at radius 1 is 1.23 bits per heavy atom. The van der Waals surface area contributed by atoms with Gasteiger partial charge in [-0.15, -0.1) is 0 Å². The van der Waals surface area contributed by atoms with Crippen LogP contribution in [0, 0.1) is 0 Å². The first kappa shape index (κ1) is 18.1. The van der Waals surface area contributed by atoms with Gasteiger partial charge in [-0.3, -0.25) is 0 Å². The number of hydrogen-bond donors (Lipinski definition) is 2. The lowest BCUT2D eigenvalue weighted by molar-refractivity contribution is 0.203. The number of benzene rings is 1. The maximum atomic E-state index is 5.84. The summed E-state index contributed by atoms with van der Waals surface area (Å²) in [4.78, 5) is 4.51. The topological polar surface area (TPSA) is 64.1 Å². The van der Waals surface area contributed by atoms with E-state index in [9.17, 15) is 0 Å². The third kappa shape index (κ3) is 7.17. The van der Waals surface area contributed by atoms with Gasteiger partial charge >= 0.3 is 0 Å². The molecule has 1 unspecified atom stereocenters. The van der Waals surface area contributed by atoms with Crippen molar-refractivity contribution in [3.63, 3.8) is 0 Å². The van der Waals surface area contributed by atoms with Gasteiger partial charge in [0.1, 0.15) is 17.6 Å². The van der Waals surface area contributed by atoms with Gasteiger partial charge in [0.15, 0.2) is 5.96 Å². The molecule has 0 radical (unpaired) electrons. The van der Waals surface area contributed by atoms with Crippen molar-refractivity contribution in [1.82, 2.24) is 10.6 Å². The minimum atomic E-state index is -0.0370. The second kappa shape index (κ2) is 10.7. The summed E-state index contributed by atoms with van der Waals surface area (Å²) in [5, 5.41) is 6.38. The van der Waals surface area contributed by atoms with Crippen molar-refractivity contribution in [3.8, 4) is 11.5 Å². The zero-order valence-electron chi connectivity index (χ0n) is 13.9. The molecule has 6 heteroatoms. The molecule has 0 fully saturated rings. The van der Waals surface area contributed by atoms with E-state index in [4.69, 9.17) is 14.2 Å². The van der Waals surface area contributed by atoms with Crippen LogP contribution in [0.2, 0.25) is 0 Å². The Kier molecular flexibility index (Phi) is 8.83. The van der Waals surface area contributed by atoms with Crippen molar-refractivity contribution in [3.05, 3.63) is 24.3 Å². The largest absolute Gasteiger partial charge is 0.497 e. The fourth-order valence-electron chi connectivity index (χ4n) is 1.78. The molecule has 1 atom stereocenters. The van der Waals surface area contributed by atoms with Crippen LogP contribution >= 0.6 is 0 Å². The number of aliphatic imine (C=N–C) groups is 1. The molecule has 6 nitrogen and oxygen atoms in total. The molecule has 0 heterocycles. The number of rotatable bonds is 9. The Morgan fingerprint density at radius 3 is 2.68 bits per heavy atom. The molecule has 0 bridgehead atoms. The summed E-state index contributed by atoms with van der Waals surface area (Å²) < 4.78 is 16.0. The molecule has 1 aromatic carbocycles. The molecule has 1 aromatic rings. The number of guanidine groups is 1. The minimum Gasteiger partial charge on any atom is -0.497 e. The summed E-state index contributed by atoms with van der Waals surface area (Å²) in [5.74, 6) is 2.32. The molecule has 22 heavy (non-hydrogen) atoms. The van der Waals surface area contributed by atoms with Crippen molar-refractivity contribution in [2.24, 2.45) is 4.99 Å². The summed E-state index contributed by atoms with van der Waals surface area (Å²) in [7, 11) is 3.32.